The summed E-state index contributed by atoms with van der Waals surface area (Å²) in [5, 5.41) is 24.3. The molecular formula is C24H19N7O3. The Balaban J connectivity index is 1.37. The molecule has 2 aromatic carbocycles. The molecule has 10 nitrogen and oxygen atoms in total. The molecule has 0 fully saturated rings. The molecule has 3 heterocycles. The number of carbonyl (C=O) groups is 2. The molecule has 0 unspecified atom stereocenters. The van der Waals surface area contributed by atoms with Gasteiger partial charge in [-0.1, -0.05) is 0 Å². The van der Waals surface area contributed by atoms with Crippen LogP contribution in [0.4, 0.5) is 11.5 Å². The van der Waals surface area contributed by atoms with Crippen molar-refractivity contribution in [2.24, 2.45) is 12.0 Å². The second-order valence-corrected chi connectivity index (χ2v) is 7.61. The van der Waals surface area contributed by atoms with E-state index in [-0.39, 0.29) is 17.6 Å². The maximum Gasteiger partial charge on any atom is 0.258 e. The van der Waals surface area contributed by atoms with Crippen molar-refractivity contribution in [3.63, 3.8) is 0 Å². The molecule has 0 saturated carbocycles. The summed E-state index contributed by atoms with van der Waals surface area (Å²) < 4.78 is 1.55. The third-order valence-corrected chi connectivity index (χ3v) is 5.27. The van der Waals surface area contributed by atoms with Crippen molar-refractivity contribution in [1.82, 2.24) is 25.0 Å². The quantitative estimate of drug-likeness (QED) is 0.230. The van der Waals surface area contributed by atoms with Crippen molar-refractivity contribution < 1.29 is 14.7 Å². The predicted molar refractivity (Wildman–Crippen MR) is 127 cm³/mol. The van der Waals surface area contributed by atoms with Gasteiger partial charge in [0, 0.05) is 53.2 Å². The van der Waals surface area contributed by atoms with Crippen LogP contribution in [0.25, 0.3) is 10.9 Å². The minimum absolute atomic E-state index is 0.0448. The molecule has 1 amide bonds. The standard InChI is InChI=1S/C24H19N7O3/c1-31-13-16(11-27-31)23(33)28-17-5-2-14(3-6-17)22(32)15-4-7-20-18(10-15)19(24(34)29-20)12-25-21-8-9-26-30-21/h2-13,29,34H,1H3,(H,26,30)(H,28,33)/b25-12+. The fourth-order valence-corrected chi connectivity index (χ4v) is 3.54. The molecule has 0 aliphatic carbocycles. The van der Waals surface area contributed by atoms with Crippen LogP contribution in [0.15, 0.2) is 72.1 Å². The van der Waals surface area contributed by atoms with Gasteiger partial charge in [-0.15, -0.1) is 0 Å². The van der Waals surface area contributed by atoms with E-state index in [2.05, 4.69) is 30.6 Å². The van der Waals surface area contributed by atoms with Crippen LogP contribution in [-0.2, 0) is 7.05 Å². The fraction of sp³-hybridized carbons (Fsp3) is 0.0417. The summed E-state index contributed by atoms with van der Waals surface area (Å²) in [6, 6.07) is 13.5. The molecule has 0 atom stereocenters. The summed E-state index contributed by atoms with van der Waals surface area (Å²) >= 11 is 0. The van der Waals surface area contributed by atoms with Crippen LogP contribution in [0.1, 0.15) is 31.8 Å². The summed E-state index contributed by atoms with van der Waals surface area (Å²) in [6.45, 7) is 0. The molecule has 0 bridgehead atoms. The average Bonchev–Trinajstić information content (AvgIpc) is 3.57. The number of aromatic hydroxyl groups is 1. The van der Waals surface area contributed by atoms with Crippen LogP contribution in [0.5, 0.6) is 5.88 Å². The number of aromatic nitrogens is 5. The number of nitrogens with one attached hydrogen (secondary N) is 3. The summed E-state index contributed by atoms with van der Waals surface area (Å²) in [5.74, 6) is 0.0201. The number of hydrogen-bond donors (Lipinski definition) is 4. The van der Waals surface area contributed by atoms with Gasteiger partial charge in [0.2, 0.25) is 0 Å². The van der Waals surface area contributed by atoms with Crippen LogP contribution >= 0.6 is 0 Å². The second-order valence-electron chi connectivity index (χ2n) is 7.61. The SMILES string of the molecule is Cn1cc(C(=O)Nc2ccc(C(=O)c3ccc4[nH]c(O)c(/C=N/c5ccn[nH]5)c4c3)cc2)cn1. The van der Waals surface area contributed by atoms with E-state index in [0.717, 1.165) is 0 Å². The molecule has 4 N–H and O–H groups in total. The number of rotatable bonds is 6. The van der Waals surface area contributed by atoms with Crippen LogP contribution in [0.2, 0.25) is 0 Å². The van der Waals surface area contributed by atoms with Crippen LogP contribution < -0.4 is 5.32 Å². The number of ketones is 1. The van der Waals surface area contributed by atoms with Crippen LogP contribution in [0, 0.1) is 0 Å². The number of amides is 1. The smallest absolute Gasteiger partial charge is 0.258 e. The summed E-state index contributed by atoms with van der Waals surface area (Å²) in [4.78, 5) is 32.5. The number of H-pyrrole nitrogens is 2. The van der Waals surface area contributed by atoms with Gasteiger partial charge in [-0.25, -0.2) is 4.99 Å². The van der Waals surface area contributed by atoms with E-state index in [0.29, 0.717) is 44.7 Å². The number of aromatic amines is 2. The van der Waals surface area contributed by atoms with Crippen LogP contribution in [-0.4, -0.2) is 48.0 Å². The van der Waals surface area contributed by atoms with Gasteiger partial charge in [-0.2, -0.15) is 10.2 Å². The highest BCUT2D eigenvalue weighted by Crippen LogP contribution is 2.28. The van der Waals surface area contributed by atoms with Gasteiger partial charge in [0.15, 0.2) is 11.7 Å². The Kier molecular flexibility index (Phi) is 5.23. The minimum Gasteiger partial charge on any atom is -0.494 e. The van der Waals surface area contributed by atoms with Gasteiger partial charge >= 0.3 is 0 Å². The number of aryl methyl sites for hydroxylation is 1. The number of carbonyl (C=O) groups excluding carboxylic acids is 2. The van der Waals surface area contributed by atoms with Crippen molar-refractivity contribution in [1.29, 1.82) is 0 Å². The van der Waals surface area contributed by atoms with Crippen molar-refractivity contribution in [3.8, 4) is 5.88 Å². The number of nitrogens with zero attached hydrogens (tertiary/aromatic N) is 4. The topological polar surface area (TPSA) is 141 Å². The highest BCUT2D eigenvalue weighted by atomic mass is 16.3. The number of hydrogen-bond acceptors (Lipinski definition) is 6. The van der Waals surface area contributed by atoms with E-state index < -0.39 is 0 Å². The molecule has 5 aromatic rings. The molecule has 34 heavy (non-hydrogen) atoms. The lowest BCUT2D eigenvalue weighted by atomic mass is 10.0. The highest BCUT2D eigenvalue weighted by molar-refractivity contribution is 6.12. The third-order valence-electron chi connectivity index (χ3n) is 5.27. The Hall–Kier alpha value is -4.99. The number of benzene rings is 2. The van der Waals surface area contributed by atoms with E-state index in [9.17, 15) is 14.7 Å². The van der Waals surface area contributed by atoms with E-state index in [1.54, 1.807) is 72.7 Å². The lowest BCUT2D eigenvalue weighted by Gasteiger charge is -2.06. The van der Waals surface area contributed by atoms with Gasteiger partial charge in [0.25, 0.3) is 5.91 Å². The first-order valence-corrected chi connectivity index (χ1v) is 10.3. The van der Waals surface area contributed by atoms with Crippen molar-refractivity contribution >= 4 is 40.3 Å². The molecule has 0 aliphatic heterocycles. The van der Waals surface area contributed by atoms with E-state index in [1.165, 1.54) is 12.4 Å². The molecule has 168 valence electrons. The molecule has 0 spiro atoms. The largest absolute Gasteiger partial charge is 0.494 e. The zero-order valence-electron chi connectivity index (χ0n) is 18.0. The maximum absolute atomic E-state index is 13.1. The van der Waals surface area contributed by atoms with Crippen molar-refractivity contribution in [2.75, 3.05) is 5.32 Å². The maximum atomic E-state index is 13.1. The predicted octanol–water partition coefficient (Wildman–Crippen LogP) is 3.56. The number of fused-ring (bicyclic) bond motifs is 1. The first kappa shape index (κ1) is 20.9. The summed E-state index contributed by atoms with van der Waals surface area (Å²) in [7, 11) is 1.73. The Bertz CT molecular complexity index is 1530. The summed E-state index contributed by atoms with van der Waals surface area (Å²) in [6.07, 6.45) is 6.19. The van der Waals surface area contributed by atoms with Gasteiger partial charge in [0.05, 0.1) is 23.5 Å². The second kappa shape index (κ2) is 8.51. The normalized spacial score (nSPS) is 11.3. The Morgan fingerprint density at radius 3 is 2.59 bits per heavy atom. The van der Waals surface area contributed by atoms with E-state index in [1.807, 2.05) is 0 Å². The molecule has 0 aliphatic rings. The molecule has 3 aromatic heterocycles. The lowest BCUT2D eigenvalue weighted by molar-refractivity contribution is 0.102. The highest BCUT2D eigenvalue weighted by Gasteiger charge is 2.15. The number of aliphatic imine (C=N–C) groups is 1. The average molecular weight is 453 g/mol. The zero-order valence-corrected chi connectivity index (χ0v) is 18.0. The van der Waals surface area contributed by atoms with Crippen LogP contribution in [0.3, 0.4) is 0 Å². The Labute approximate surface area is 193 Å². The Morgan fingerprint density at radius 1 is 1.09 bits per heavy atom. The molecule has 5 rings (SSSR count). The Morgan fingerprint density at radius 2 is 1.88 bits per heavy atom. The van der Waals surface area contributed by atoms with Gasteiger partial charge in [-0.05, 0) is 42.5 Å². The first-order valence-electron chi connectivity index (χ1n) is 10.3. The van der Waals surface area contributed by atoms with E-state index >= 15 is 0 Å². The molecule has 0 radical (unpaired) electrons. The first-order chi connectivity index (χ1) is 16.5. The van der Waals surface area contributed by atoms with E-state index in [4.69, 9.17) is 0 Å². The molecule has 10 heteroatoms. The fourth-order valence-electron chi connectivity index (χ4n) is 3.54. The minimum atomic E-state index is -0.283. The van der Waals surface area contributed by atoms with Gasteiger partial charge in [0.1, 0.15) is 5.82 Å². The van der Waals surface area contributed by atoms with Gasteiger partial charge < -0.3 is 15.4 Å². The molecular weight excluding hydrogens is 434 g/mol. The van der Waals surface area contributed by atoms with Crippen molar-refractivity contribution in [3.05, 3.63) is 89.4 Å². The third kappa shape index (κ3) is 4.07. The van der Waals surface area contributed by atoms with Crippen molar-refractivity contribution in [2.45, 2.75) is 0 Å². The lowest BCUT2D eigenvalue weighted by Crippen LogP contribution is -2.11. The zero-order chi connectivity index (χ0) is 23.7. The number of anilines is 1. The summed E-state index contributed by atoms with van der Waals surface area (Å²) in [5.41, 5.74) is 3.06. The monoisotopic (exact) mass is 453 g/mol. The molecule has 0 saturated heterocycles. The van der Waals surface area contributed by atoms with Gasteiger partial charge in [-0.3, -0.25) is 19.4 Å².